The highest BCUT2D eigenvalue weighted by Gasteiger charge is 2.32. The number of likely N-dealkylation sites (tertiary alicyclic amines) is 1. The summed E-state index contributed by atoms with van der Waals surface area (Å²) in [6.07, 6.45) is 1.42. The predicted octanol–water partition coefficient (Wildman–Crippen LogP) is 1.29. The molecule has 1 atom stereocenters. The van der Waals surface area contributed by atoms with E-state index in [2.05, 4.69) is 0 Å². The lowest BCUT2D eigenvalue weighted by Gasteiger charge is -2.17. The number of hydrogen-bond acceptors (Lipinski definition) is 4. The van der Waals surface area contributed by atoms with Crippen molar-refractivity contribution in [3.05, 3.63) is 28.8 Å². The lowest BCUT2D eigenvalue weighted by Crippen LogP contribution is -2.30. The maximum Gasteiger partial charge on any atom is 0.308 e. The molecule has 1 aromatic carbocycles. The van der Waals surface area contributed by atoms with Gasteiger partial charge in [-0.25, -0.2) is 8.42 Å². The van der Waals surface area contributed by atoms with Gasteiger partial charge in [-0.05, 0) is 24.6 Å². The Morgan fingerprint density at radius 1 is 1.38 bits per heavy atom. The Bertz CT molecular complexity index is 701. The highest BCUT2D eigenvalue weighted by Crippen LogP contribution is 2.25. The van der Waals surface area contributed by atoms with Crippen LogP contribution in [0.3, 0.4) is 0 Å². The Balaban J connectivity index is 2.30. The van der Waals surface area contributed by atoms with E-state index in [-0.39, 0.29) is 22.0 Å². The van der Waals surface area contributed by atoms with Gasteiger partial charge in [0.2, 0.25) is 0 Å². The van der Waals surface area contributed by atoms with Gasteiger partial charge < -0.3 is 10.0 Å². The largest absolute Gasteiger partial charge is 0.481 e. The normalized spacial score (nSPS) is 18.8. The average Bonchev–Trinajstić information content (AvgIpc) is 2.86. The predicted molar refractivity (Wildman–Crippen MR) is 76.2 cm³/mol. The summed E-state index contributed by atoms with van der Waals surface area (Å²) >= 11 is 5.96. The molecule has 0 spiro atoms. The second-order valence-electron chi connectivity index (χ2n) is 4.99. The molecule has 1 N–H and O–H groups in total. The van der Waals surface area contributed by atoms with E-state index in [4.69, 9.17) is 16.7 Å². The van der Waals surface area contributed by atoms with Crippen molar-refractivity contribution in [2.45, 2.75) is 11.3 Å². The van der Waals surface area contributed by atoms with Crippen molar-refractivity contribution in [1.82, 2.24) is 4.90 Å². The number of rotatable bonds is 3. The van der Waals surface area contributed by atoms with Gasteiger partial charge >= 0.3 is 5.97 Å². The average molecular weight is 332 g/mol. The Morgan fingerprint density at radius 3 is 2.57 bits per heavy atom. The minimum absolute atomic E-state index is 0.00392. The molecular weight excluding hydrogens is 318 g/mol. The lowest BCUT2D eigenvalue weighted by molar-refractivity contribution is -0.141. The van der Waals surface area contributed by atoms with E-state index in [9.17, 15) is 18.0 Å². The molecule has 2 rings (SSSR count). The summed E-state index contributed by atoms with van der Waals surface area (Å²) in [4.78, 5) is 24.7. The number of carboxylic acids is 1. The molecular formula is C13H14ClNO5S. The SMILES string of the molecule is CS(=O)(=O)c1ccc(Cl)c(C(=O)N2CCC(C(=O)O)C2)c1. The molecule has 0 aliphatic carbocycles. The molecule has 1 fully saturated rings. The van der Waals surface area contributed by atoms with Crippen molar-refractivity contribution in [3.63, 3.8) is 0 Å². The van der Waals surface area contributed by atoms with Gasteiger partial charge in [0.25, 0.3) is 5.91 Å². The van der Waals surface area contributed by atoms with E-state index in [1.165, 1.54) is 23.1 Å². The smallest absolute Gasteiger partial charge is 0.308 e. The first-order valence-electron chi connectivity index (χ1n) is 6.22. The van der Waals surface area contributed by atoms with Crippen LogP contribution in [0, 0.1) is 5.92 Å². The fourth-order valence-electron chi connectivity index (χ4n) is 2.22. The summed E-state index contributed by atoms with van der Waals surface area (Å²) in [6.45, 7) is 0.419. The van der Waals surface area contributed by atoms with Crippen LogP contribution in [0.15, 0.2) is 23.1 Å². The molecule has 1 unspecified atom stereocenters. The fraction of sp³-hybridized carbons (Fsp3) is 0.385. The van der Waals surface area contributed by atoms with E-state index in [1.807, 2.05) is 0 Å². The van der Waals surface area contributed by atoms with Gasteiger partial charge in [-0.1, -0.05) is 11.6 Å². The molecule has 114 valence electrons. The zero-order chi connectivity index (χ0) is 15.8. The van der Waals surface area contributed by atoms with Gasteiger partial charge in [-0.3, -0.25) is 9.59 Å². The number of sulfone groups is 1. The summed E-state index contributed by atoms with van der Waals surface area (Å²) in [5.74, 6) is -1.98. The van der Waals surface area contributed by atoms with Crippen molar-refractivity contribution in [3.8, 4) is 0 Å². The van der Waals surface area contributed by atoms with Gasteiger partial charge in [-0.2, -0.15) is 0 Å². The van der Waals surface area contributed by atoms with Crippen LogP contribution < -0.4 is 0 Å². The topological polar surface area (TPSA) is 91.8 Å². The number of carbonyl (C=O) groups is 2. The summed E-state index contributed by atoms with van der Waals surface area (Å²) in [6, 6.07) is 3.92. The Labute approximate surface area is 127 Å². The van der Waals surface area contributed by atoms with Crippen molar-refractivity contribution >= 4 is 33.3 Å². The van der Waals surface area contributed by atoms with Crippen LogP contribution in [-0.4, -0.2) is 49.6 Å². The van der Waals surface area contributed by atoms with Crippen LogP contribution in [0.4, 0.5) is 0 Å². The van der Waals surface area contributed by atoms with Crippen molar-refractivity contribution in [2.75, 3.05) is 19.3 Å². The van der Waals surface area contributed by atoms with Crippen LogP contribution in [0.2, 0.25) is 5.02 Å². The Morgan fingerprint density at radius 2 is 2.05 bits per heavy atom. The van der Waals surface area contributed by atoms with Gasteiger partial charge in [0.05, 0.1) is 21.4 Å². The summed E-state index contributed by atoms with van der Waals surface area (Å²) in [5.41, 5.74) is 0.0747. The van der Waals surface area contributed by atoms with E-state index >= 15 is 0 Å². The number of carboxylic acid groups (broad SMARTS) is 1. The van der Waals surface area contributed by atoms with E-state index in [0.717, 1.165) is 6.26 Å². The van der Waals surface area contributed by atoms with Crippen LogP contribution in [0.25, 0.3) is 0 Å². The third-order valence-electron chi connectivity index (χ3n) is 3.42. The van der Waals surface area contributed by atoms with Gasteiger partial charge in [0, 0.05) is 19.3 Å². The van der Waals surface area contributed by atoms with Crippen molar-refractivity contribution < 1.29 is 23.1 Å². The third kappa shape index (κ3) is 3.36. The number of halogens is 1. The summed E-state index contributed by atoms with van der Waals surface area (Å²) in [7, 11) is -3.45. The molecule has 0 bridgehead atoms. The summed E-state index contributed by atoms with van der Waals surface area (Å²) < 4.78 is 23.1. The first kappa shape index (κ1) is 15.8. The maximum absolute atomic E-state index is 12.4. The molecule has 1 aliphatic rings. The number of hydrogen-bond donors (Lipinski definition) is 1. The number of carbonyl (C=O) groups excluding carboxylic acids is 1. The van der Waals surface area contributed by atoms with E-state index in [1.54, 1.807) is 0 Å². The molecule has 0 saturated carbocycles. The minimum atomic E-state index is -3.45. The first-order chi connectivity index (χ1) is 9.70. The molecule has 1 aromatic rings. The van der Waals surface area contributed by atoms with E-state index < -0.39 is 27.6 Å². The molecule has 0 radical (unpaired) electrons. The lowest BCUT2D eigenvalue weighted by atomic mass is 10.1. The molecule has 6 nitrogen and oxygen atoms in total. The van der Waals surface area contributed by atoms with Crippen molar-refractivity contribution in [1.29, 1.82) is 0 Å². The van der Waals surface area contributed by atoms with Crippen molar-refractivity contribution in [2.24, 2.45) is 5.92 Å². The molecule has 1 amide bonds. The maximum atomic E-state index is 12.4. The van der Waals surface area contributed by atoms with Crippen LogP contribution in [0.5, 0.6) is 0 Å². The highest BCUT2D eigenvalue weighted by molar-refractivity contribution is 7.90. The number of amides is 1. The highest BCUT2D eigenvalue weighted by atomic mass is 35.5. The van der Waals surface area contributed by atoms with Gasteiger partial charge in [0.1, 0.15) is 0 Å². The standard InChI is InChI=1S/C13H14ClNO5S/c1-21(19,20)9-2-3-11(14)10(6-9)12(16)15-5-4-8(7-15)13(17)18/h2-3,6,8H,4-5,7H2,1H3,(H,17,18). The van der Waals surface area contributed by atoms with Crippen LogP contribution in [-0.2, 0) is 14.6 Å². The van der Waals surface area contributed by atoms with Gasteiger partial charge in [0.15, 0.2) is 9.84 Å². The quantitative estimate of drug-likeness (QED) is 0.901. The third-order valence-corrected chi connectivity index (χ3v) is 4.86. The Hall–Kier alpha value is -1.60. The first-order valence-corrected chi connectivity index (χ1v) is 8.49. The molecule has 21 heavy (non-hydrogen) atoms. The minimum Gasteiger partial charge on any atom is -0.481 e. The number of benzene rings is 1. The van der Waals surface area contributed by atoms with Gasteiger partial charge in [-0.15, -0.1) is 0 Å². The summed E-state index contributed by atoms with van der Waals surface area (Å²) in [5, 5.41) is 9.09. The second-order valence-corrected chi connectivity index (χ2v) is 7.41. The zero-order valence-corrected chi connectivity index (χ0v) is 12.8. The fourth-order valence-corrected chi connectivity index (χ4v) is 3.06. The molecule has 8 heteroatoms. The second kappa shape index (κ2) is 5.65. The molecule has 1 saturated heterocycles. The van der Waals surface area contributed by atoms with E-state index in [0.29, 0.717) is 13.0 Å². The molecule has 1 heterocycles. The molecule has 1 aliphatic heterocycles. The van der Waals surface area contributed by atoms with Crippen LogP contribution in [0.1, 0.15) is 16.8 Å². The number of nitrogens with zero attached hydrogens (tertiary/aromatic N) is 1. The number of aliphatic carboxylic acids is 1. The molecule has 0 aromatic heterocycles. The van der Waals surface area contributed by atoms with Crippen LogP contribution >= 0.6 is 11.6 Å². The Kier molecular flexibility index (Phi) is 4.25. The zero-order valence-electron chi connectivity index (χ0n) is 11.2. The monoisotopic (exact) mass is 331 g/mol.